The van der Waals surface area contributed by atoms with Gasteiger partial charge in [0.1, 0.15) is 10.3 Å². The largest absolute Gasteiger partial charge is 0.224 e. The van der Waals surface area contributed by atoms with Gasteiger partial charge in [-0.1, -0.05) is 37.0 Å². The molecule has 0 amide bonds. The quantitative estimate of drug-likeness (QED) is 0.617. The van der Waals surface area contributed by atoms with Crippen molar-refractivity contribution >= 4 is 23.2 Å². The number of rotatable bonds is 1. The Morgan fingerprint density at radius 1 is 1.18 bits per heavy atom. The minimum atomic E-state index is 0.439. The van der Waals surface area contributed by atoms with Crippen LogP contribution in [0, 0.1) is 5.92 Å². The Bertz CT molecular complexity index is 238. The highest BCUT2D eigenvalue weighted by Gasteiger charge is 2.02. The van der Waals surface area contributed by atoms with Crippen molar-refractivity contribution < 1.29 is 0 Å². The molecule has 0 N–H and O–H groups in total. The van der Waals surface area contributed by atoms with Crippen LogP contribution in [0.1, 0.15) is 19.4 Å². The average molecular weight is 189 g/mol. The van der Waals surface area contributed by atoms with Gasteiger partial charge >= 0.3 is 0 Å². The van der Waals surface area contributed by atoms with E-state index in [1.54, 1.807) is 12.1 Å². The molecule has 0 saturated heterocycles. The summed E-state index contributed by atoms with van der Waals surface area (Å²) in [5.41, 5.74) is 1.04. The summed E-state index contributed by atoms with van der Waals surface area (Å²) >= 11 is 11.4. The molecule has 1 rings (SSSR count). The minimum absolute atomic E-state index is 0.439. The highest BCUT2D eigenvalue weighted by atomic mass is 35.5. The Hall–Kier alpha value is -0.270. The van der Waals surface area contributed by atoms with Crippen LogP contribution in [-0.4, -0.2) is 4.98 Å². The van der Waals surface area contributed by atoms with Gasteiger partial charge in [0.2, 0.25) is 0 Å². The van der Waals surface area contributed by atoms with E-state index in [9.17, 15) is 0 Å². The summed E-state index contributed by atoms with van der Waals surface area (Å²) in [4.78, 5) is 3.83. The van der Waals surface area contributed by atoms with E-state index in [4.69, 9.17) is 23.2 Å². The molecule has 0 aromatic carbocycles. The second kappa shape index (κ2) is 3.42. The van der Waals surface area contributed by atoms with Gasteiger partial charge in [-0.15, -0.1) is 0 Å². The lowest BCUT2D eigenvalue weighted by atomic mass is 10.1. The number of nitrogens with zero attached hydrogens (tertiary/aromatic N) is 1. The van der Waals surface area contributed by atoms with Gasteiger partial charge in [-0.2, -0.15) is 0 Å². The number of pyridine rings is 1. The summed E-state index contributed by atoms with van der Waals surface area (Å²) in [6.45, 7) is 4.00. The molecule has 0 spiro atoms. The van der Waals surface area contributed by atoms with Crippen LogP contribution in [0.3, 0.4) is 0 Å². The highest BCUT2D eigenvalue weighted by molar-refractivity contribution is 6.32. The molecule has 59 valence electrons. The first-order valence-corrected chi connectivity index (χ1v) is 3.99. The number of hydrogen-bond donors (Lipinski definition) is 0. The van der Waals surface area contributed by atoms with Crippen molar-refractivity contribution in [3.63, 3.8) is 0 Å². The standard InChI is InChI=1S/C8H8Cl2N/c1-5(2)6-3-7(9)11-8(10)4-6/h3-4H,1-2H3. The highest BCUT2D eigenvalue weighted by Crippen LogP contribution is 2.20. The molecule has 1 nitrogen and oxygen atoms in total. The predicted molar refractivity (Wildman–Crippen MR) is 48.0 cm³/mol. The summed E-state index contributed by atoms with van der Waals surface area (Å²) < 4.78 is 0. The van der Waals surface area contributed by atoms with E-state index in [-0.39, 0.29) is 0 Å². The molecule has 1 heterocycles. The lowest BCUT2D eigenvalue weighted by Gasteiger charge is -2.04. The fourth-order valence-electron chi connectivity index (χ4n) is 0.754. The molecule has 0 aliphatic carbocycles. The summed E-state index contributed by atoms with van der Waals surface area (Å²) in [5.74, 6) is 1.18. The molecular formula is C8H8Cl2N. The van der Waals surface area contributed by atoms with Crippen LogP contribution in [0.4, 0.5) is 0 Å². The molecule has 0 saturated carbocycles. The van der Waals surface area contributed by atoms with Gasteiger partial charge in [0, 0.05) is 0 Å². The maximum absolute atomic E-state index is 5.69. The van der Waals surface area contributed by atoms with E-state index in [0.29, 0.717) is 10.3 Å². The Kier molecular flexibility index (Phi) is 2.74. The zero-order valence-corrected chi connectivity index (χ0v) is 7.87. The van der Waals surface area contributed by atoms with Crippen LogP contribution in [0.15, 0.2) is 12.1 Å². The Balaban J connectivity index is 3.08. The molecule has 0 aliphatic rings. The maximum atomic E-state index is 5.69. The summed E-state index contributed by atoms with van der Waals surface area (Å²) in [6, 6.07) is 3.59. The normalized spacial score (nSPS) is 10.6. The van der Waals surface area contributed by atoms with Gasteiger partial charge in [0.25, 0.3) is 0 Å². The number of hydrogen-bond acceptors (Lipinski definition) is 1. The van der Waals surface area contributed by atoms with Crippen molar-refractivity contribution in [3.8, 4) is 0 Å². The predicted octanol–water partition coefficient (Wildman–Crippen LogP) is 3.35. The van der Waals surface area contributed by atoms with Gasteiger partial charge in [-0.25, -0.2) is 4.98 Å². The lowest BCUT2D eigenvalue weighted by Crippen LogP contribution is -1.89. The first-order chi connectivity index (χ1) is 5.09. The molecule has 1 aromatic heterocycles. The van der Waals surface area contributed by atoms with Crippen molar-refractivity contribution in [2.24, 2.45) is 0 Å². The smallest absolute Gasteiger partial charge is 0.131 e. The van der Waals surface area contributed by atoms with E-state index in [0.717, 1.165) is 5.56 Å². The van der Waals surface area contributed by atoms with Crippen molar-refractivity contribution in [2.45, 2.75) is 13.8 Å². The monoisotopic (exact) mass is 188 g/mol. The molecule has 0 fully saturated rings. The van der Waals surface area contributed by atoms with E-state index in [2.05, 4.69) is 4.98 Å². The molecule has 0 unspecified atom stereocenters. The Morgan fingerprint density at radius 3 is 2.00 bits per heavy atom. The van der Waals surface area contributed by atoms with Crippen LogP contribution >= 0.6 is 23.2 Å². The van der Waals surface area contributed by atoms with Gasteiger partial charge in [-0.05, 0) is 23.6 Å². The molecule has 11 heavy (non-hydrogen) atoms. The molecular weight excluding hydrogens is 181 g/mol. The Morgan fingerprint density at radius 2 is 1.64 bits per heavy atom. The maximum Gasteiger partial charge on any atom is 0.131 e. The van der Waals surface area contributed by atoms with E-state index < -0.39 is 0 Å². The fourth-order valence-corrected chi connectivity index (χ4v) is 1.21. The Labute approximate surface area is 76.4 Å². The molecule has 3 heteroatoms. The van der Waals surface area contributed by atoms with Crippen LogP contribution in [0.25, 0.3) is 0 Å². The second-order valence-corrected chi connectivity index (χ2v) is 3.28. The van der Waals surface area contributed by atoms with Crippen molar-refractivity contribution in [1.82, 2.24) is 4.98 Å². The summed E-state index contributed by atoms with van der Waals surface area (Å²) in [6.07, 6.45) is 0. The first kappa shape index (κ1) is 8.82. The molecule has 0 aliphatic heterocycles. The van der Waals surface area contributed by atoms with Crippen molar-refractivity contribution in [2.75, 3.05) is 0 Å². The minimum Gasteiger partial charge on any atom is -0.224 e. The first-order valence-electron chi connectivity index (χ1n) is 3.23. The number of aromatic nitrogens is 1. The third kappa shape index (κ3) is 2.35. The van der Waals surface area contributed by atoms with Gasteiger partial charge in [0.05, 0.1) is 0 Å². The van der Waals surface area contributed by atoms with Crippen molar-refractivity contribution in [1.29, 1.82) is 0 Å². The zero-order chi connectivity index (χ0) is 8.43. The van der Waals surface area contributed by atoms with Crippen molar-refractivity contribution in [3.05, 3.63) is 33.9 Å². The topological polar surface area (TPSA) is 12.9 Å². The lowest BCUT2D eigenvalue weighted by molar-refractivity contribution is 1.13. The second-order valence-electron chi connectivity index (χ2n) is 2.50. The van der Waals surface area contributed by atoms with Gasteiger partial charge in [0.15, 0.2) is 0 Å². The van der Waals surface area contributed by atoms with Crippen LogP contribution in [0.2, 0.25) is 10.3 Å². The van der Waals surface area contributed by atoms with Crippen LogP contribution in [-0.2, 0) is 0 Å². The van der Waals surface area contributed by atoms with E-state index >= 15 is 0 Å². The van der Waals surface area contributed by atoms with Crippen LogP contribution < -0.4 is 0 Å². The van der Waals surface area contributed by atoms with E-state index in [1.165, 1.54) is 5.92 Å². The molecule has 0 atom stereocenters. The molecule has 1 radical (unpaired) electrons. The SMILES string of the molecule is C[C](C)c1cc(Cl)nc(Cl)c1. The summed E-state index contributed by atoms with van der Waals surface area (Å²) in [7, 11) is 0. The molecule has 0 bridgehead atoms. The van der Waals surface area contributed by atoms with Gasteiger partial charge in [-0.3, -0.25) is 0 Å². The average Bonchev–Trinajstić information content (AvgIpc) is 1.85. The third-order valence-electron chi connectivity index (χ3n) is 1.34. The number of halogens is 2. The molecule has 1 aromatic rings. The zero-order valence-electron chi connectivity index (χ0n) is 6.36. The third-order valence-corrected chi connectivity index (χ3v) is 1.73. The van der Waals surface area contributed by atoms with Gasteiger partial charge < -0.3 is 0 Å². The van der Waals surface area contributed by atoms with Crippen LogP contribution in [0.5, 0.6) is 0 Å². The van der Waals surface area contributed by atoms with E-state index in [1.807, 2.05) is 13.8 Å². The fraction of sp³-hybridized carbons (Fsp3) is 0.250. The summed E-state index contributed by atoms with van der Waals surface area (Å²) in [5, 5.41) is 0.877.